The van der Waals surface area contributed by atoms with Gasteiger partial charge in [-0.3, -0.25) is 9.78 Å². The number of halogens is 2. The van der Waals surface area contributed by atoms with Gasteiger partial charge in [-0.15, -0.1) is 6.42 Å². The minimum absolute atomic E-state index is 0.00550. The van der Waals surface area contributed by atoms with E-state index in [-0.39, 0.29) is 57.5 Å². The van der Waals surface area contributed by atoms with E-state index in [0.717, 1.165) is 38.6 Å². The molecule has 0 radical (unpaired) electrons. The molecule has 2 aliphatic rings. The van der Waals surface area contributed by atoms with Gasteiger partial charge in [-0.2, -0.15) is 9.97 Å². The number of hydrogen-bond acceptors (Lipinski definition) is 8. The maximum absolute atomic E-state index is 16.7. The number of likely N-dealkylation sites (N-methyl/N-ethyl adjacent to an activating group) is 2. The lowest BCUT2D eigenvalue weighted by Crippen LogP contribution is -2.42. The molecule has 0 aliphatic carbocycles. The number of fused-ring (bicyclic) bond motifs is 2. The third-order valence-corrected chi connectivity index (χ3v) is 9.10. The van der Waals surface area contributed by atoms with Crippen molar-refractivity contribution in [1.29, 1.82) is 0 Å². The average molecular weight is 627 g/mol. The van der Waals surface area contributed by atoms with Crippen LogP contribution < -0.4 is 9.64 Å². The predicted molar refractivity (Wildman–Crippen MR) is 174 cm³/mol. The van der Waals surface area contributed by atoms with Crippen LogP contribution in [0.5, 0.6) is 11.8 Å². The fraction of sp³-hybridized carbons (Fsp3) is 0.371. The average Bonchev–Trinajstić information content (AvgIpc) is 3.52. The number of terminal acetylenes is 1. The number of anilines is 1. The fourth-order valence-electron chi connectivity index (χ4n) is 6.68. The van der Waals surface area contributed by atoms with Gasteiger partial charge in [0.25, 0.3) is 0 Å². The highest BCUT2D eigenvalue weighted by atomic mass is 19.1. The molecule has 2 aliphatic heterocycles. The van der Waals surface area contributed by atoms with Gasteiger partial charge in [-0.1, -0.05) is 25.0 Å². The number of nitrogens with zero attached hydrogens (tertiary/aromatic N) is 6. The first kappa shape index (κ1) is 31.2. The van der Waals surface area contributed by atoms with Crippen LogP contribution in [-0.4, -0.2) is 88.2 Å². The van der Waals surface area contributed by atoms with Crippen LogP contribution in [0.15, 0.2) is 43.1 Å². The second-order valence-electron chi connectivity index (χ2n) is 12.0. The minimum atomic E-state index is -0.794. The molecule has 238 valence electrons. The summed E-state index contributed by atoms with van der Waals surface area (Å²) in [7, 11) is 3.88. The Kier molecular flexibility index (Phi) is 8.73. The predicted octanol–water partition coefficient (Wildman–Crippen LogP) is 5.29. The van der Waals surface area contributed by atoms with Crippen molar-refractivity contribution in [3.63, 3.8) is 0 Å². The highest BCUT2D eigenvalue weighted by Gasteiger charge is 2.30. The zero-order valence-corrected chi connectivity index (χ0v) is 26.0. The molecular weight excluding hydrogens is 590 g/mol. The second-order valence-corrected chi connectivity index (χ2v) is 12.0. The molecule has 9 nitrogen and oxygen atoms in total. The summed E-state index contributed by atoms with van der Waals surface area (Å²) >= 11 is 0. The fourth-order valence-corrected chi connectivity index (χ4v) is 6.68. The molecule has 0 unspecified atom stereocenters. The van der Waals surface area contributed by atoms with E-state index < -0.39 is 11.6 Å². The number of amides is 1. The minimum Gasteiger partial charge on any atom is -0.508 e. The molecule has 2 saturated heterocycles. The molecule has 2 fully saturated rings. The Morgan fingerprint density at radius 3 is 2.76 bits per heavy atom. The summed E-state index contributed by atoms with van der Waals surface area (Å²) < 4.78 is 37.7. The number of phenols is 1. The maximum atomic E-state index is 16.7. The van der Waals surface area contributed by atoms with E-state index in [4.69, 9.17) is 16.1 Å². The number of carbonyl (C=O) groups is 1. The summed E-state index contributed by atoms with van der Waals surface area (Å²) in [4.78, 5) is 32.1. The van der Waals surface area contributed by atoms with Crippen molar-refractivity contribution in [2.45, 2.75) is 44.2 Å². The van der Waals surface area contributed by atoms with E-state index in [0.29, 0.717) is 36.3 Å². The number of aromatic nitrogens is 3. The summed E-state index contributed by atoms with van der Waals surface area (Å²) in [5.74, 6) is 1.02. The number of phenolic OH excluding ortho intramolecular Hbond substituents is 1. The topological polar surface area (TPSA) is 94.9 Å². The Morgan fingerprint density at radius 1 is 1.20 bits per heavy atom. The van der Waals surface area contributed by atoms with Crippen LogP contribution in [0.2, 0.25) is 0 Å². The zero-order valence-electron chi connectivity index (χ0n) is 26.0. The van der Waals surface area contributed by atoms with Crippen LogP contribution in [0, 0.1) is 24.0 Å². The Morgan fingerprint density at radius 2 is 2.00 bits per heavy atom. The number of carbonyl (C=O) groups excluding carboxylic acids is 1. The van der Waals surface area contributed by atoms with Crippen molar-refractivity contribution in [2.75, 3.05) is 45.2 Å². The largest absolute Gasteiger partial charge is 0.508 e. The standard InChI is InChI=1S/C35H36F2N6O3/c1-5-25-28(36)13-12-21-16-24(44)17-26(30(21)25)32-31(37)33-27(18-38-32)34(42(4)19-22-11-9-15-43(22)29(45)6-2)40-35(39-33)46-20-23-10-7-8-14-41(23)3/h1,6,12-13,16-18,22-23,44H,2,7-11,14-15,19-20H2,3-4H3/t22-,23+/m0/s1. The highest BCUT2D eigenvalue weighted by Crippen LogP contribution is 2.38. The number of aromatic hydroxyl groups is 1. The van der Waals surface area contributed by atoms with Crippen molar-refractivity contribution in [1.82, 2.24) is 24.8 Å². The Balaban J connectivity index is 1.47. The van der Waals surface area contributed by atoms with E-state index in [1.807, 2.05) is 11.9 Å². The SMILES string of the molecule is C#Cc1c(F)ccc2cc(O)cc(-c3ncc4c(N(C)C[C@@H]5CCCN5C(=O)C=C)nc(OC[C@H]5CCCCN5C)nc4c3F)c12. The van der Waals surface area contributed by atoms with Crippen molar-refractivity contribution in [3.8, 4) is 35.4 Å². The van der Waals surface area contributed by atoms with Crippen molar-refractivity contribution < 1.29 is 23.4 Å². The van der Waals surface area contributed by atoms with Gasteiger partial charge >= 0.3 is 6.01 Å². The molecule has 4 heterocycles. The Bertz CT molecular complexity index is 1880. The Labute approximate surface area is 266 Å². The van der Waals surface area contributed by atoms with Crippen molar-refractivity contribution in [2.24, 2.45) is 0 Å². The number of likely N-dealkylation sites (tertiary alicyclic amines) is 2. The van der Waals surface area contributed by atoms with Crippen molar-refractivity contribution >= 4 is 33.4 Å². The number of ether oxygens (including phenoxy) is 1. The highest BCUT2D eigenvalue weighted by molar-refractivity contribution is 6.03. The summed E-state index contributed by atoms with van der Waals surface area (Å²) in [5.41, 5.74) is -0.132. The molecule has 0 saturated carbocycles. The third-order valence-electron chi connectivity index (χ3n) is 9.10. The molecule has 1 amide bonds. The van der Waals surface area contributed by atoms with Crippen LogP contribution in [0.1, 0.15) is 37.7 Å². The number of benzene rings is 2. The van der Waals surface area contributed by atoms with Gasteiger partial charge in [0.15, 0.2) is 5.82 Å². The van der Waals surface area contributed by atoms with Crippen LogP contribution in [-0.2, 0) is 4.79 Å². The molecule has 1 N–H and O–H groups in total. The molecule has 0 spiro atoms. The zero-order chi connectivity index (χ0) is 32.5. The summed E-state index contributed by atoms with van der Waals surface area (Å²) in [6, 6.07) is 5.52. The van der Waals surface area contributed by atoms with E-state index in [2.05, 4.69) is 34.4 Å². The number of pyridine rings is 1. The van der Waals surface area contributed by atoms with Gasteiger partial charge in [0, 0.05) is 49.4 Å². The first-order valence-corrected chi connectivity index (χ1v) is 15.5. The lowest BCUT2D eigenvalue weighted by atomic mass is 9.96. The molecular formula is C35H36F2N6O3. The molecule has 6 rings (SSSR count). The molecule has 0 bridgehead atoms. The smallest absolute Gasteiger partial charge is 0.319 e. The van der Waals surface area contributed by atoms with E-state index in [1.165, 1.54) is 36.5 Å². The van der Waals surface area contributed by atoms with E-state index >= 15 is 4.39 Å². The third kappa shape index (κ3) is 5.81. The first-order valence-electron chi connectivity index (χ1n) is 15.5. The monoisotopic (exact) mass is 626 g/mol. The van der Waals surface area contributed by atoms with E-state index in [1.54, 1.807) is 4.90 Å². The summed E-state index contributed by atoms with van der Waals surface area (Å²) in [5, 5.41) is 11.5. The normalized spacial score (nSPS) is 18.5. The summed E-state index contributed by atoms with van der Waals surface area (Å²) in [6.07, 6.45) is 13.3. The van der Waals surface area contributed by atoms with Crippen LogP contribution >= 0.6 is 0 Å². The quantitative estimate of drug-likeness (QED) is 0.209. The van der Waals surface area contributed by atoms with Crippen LogP contribution in [0.3, 0.4) is 0 Å². The van der Waals surface area contributed by atoms with Gasteiger partial charge in [0.1, 0.15) is 35.2 Å². The van der Waals surface area contributed by atoms with Gasteiger partial charge in [-0.05, 0) is 68.9 Å². The molecule has 2 aromatic heterocycles. The molecule has 11 heteroatoms. The molecule has 46 heavy (non-hydrogen) atoms. The van der Waals surface area contributed by atoms with Crippen LogP contribution in [0.4, 0.5) is 14.6 Å². The summed E-state index contributed by atoms with van der Waals surface area (Å²) in [6.45, 7) is 5.99. The first-order chi connectivity index (χ1) is 22.2. The maximum Gasteiger partial charge on any atom is 0.319 e. The number of piperidine rings is 1. The molecule has 2 atom stereocenters. The lowest BCUT2D eigenvalue weighted by molar-refractivity contribution is -0.126. The van der Waals surface area contributed by atoms with Crippen molar-refractivity contribution in [3.05, 3.63) is 60.3 Å². The number of rotatable bonds is 8. The van der Waals surface area contributed by atoms with Gasteiger partial charge in [0.05, 0.1) is 10.9 Å². The van der Waals surface area contributed by atoms with Gasteiger partial charge < -0.3 is 24.5 Å². The second kappa shape index (κ2) is 12.9. The number of hydrogen-bond donors (Lipinski definition) is 1. The van der Waals surface area contributed by atoms with Crippen LogP contribution in [0.25, 0.3) is 32.9 Å². The van der Waals surface area contributed by atoms with Gasteiger partial charge in [0.2, 0.25) is 5.91 Å². The lowest BCUT2D eigenvalue weighted by Gasteiger charge is -2.32. The van der Waals surface area contributed by atoms with E-state index in [9.17, 15) is 14.3 Å². The molecule has 4 aromatic rings. The Hall–Kier alpha value is -4.82. The van der Waals surface area contributed by atoms with Gasteiger partial charge in [-0.25, -0.2) is 8.78 Å². The molecule has 2 aromatic carbocycles.